The smallest absolute Gasteiger partial charge is 0.140 e. The van der Waals surface area contributed by atoms with Crippen LogP contribution in [-0.4, -0.2) is 28.6 Å². The Bertz CT molecular complexity index is 931. The topological polar surface area (TPSA) is 36.3 Å². The maximum absolute atomic E-state index is 6.56. The van der Waals surface area contributed by atoms with Crippen LogP contribution in [0.5, 0.6) is 11.5 Å². The molecule has 0 saturated heterocycles. The van der Waals surface area contributed by atoms with Crippen molar-refractivity contribution in [2.24, 2.45) is 0 Å². The molecule has 0 bridgehead atoms. The van der Waals surface area contributed by atoms with Crippen LogP contribution in [-0.2, 0) is 12.0 Å². The number of hydrogen-bond donors (Lipinski definition) is 0. The Morgan fingerprint density at radius 1 is 1.00 bits per heavy atom. The average molecular weight is 461 g/mol. The Balaban J connectivity index is 1.64. The van der Waals surface area contributed by atoms with Gasteiger partial charge in [0, 0.05) is 30.2 Å². The first kappa shape index (κ1) is 23.5. The van der Waals surface area contributed by atoms with Crippen molar-refractivity contribution in [1.29, 1.82) is 0 Å². The molecule has 0 aliphatic carbocycles. The third-order valence-electron chi connectivity index (χ3n) is 5.44. The largest absolute Gasteiger partial charge is 0.494 e. The second kappa shape index (κ2) is 10.9. The van der Waals surface area contributed by atoms with E-state index in [2.05, 4.69) is 41.6 Å². The molecule has 0 spiro atoms. The fraction of sp³-hybridized carbons (Fsp3) is 0.400. The number of alkyl halides is 1. The van der Waals surface area contributed by atoms with E-state index in [1.807, 2.05) is 37.6 Å². The Kier molecular flexibility index (Phi) is 8.28. The van der Waals surface area contributed by atoms with Gasteiger partial charge in [-0.25, -0.2) is 4.98 Å². The van der Waals surface area contributed by atoms with Crippen molar-refractivity contribution < 1.29 is 9.47 Å². The van der Waals surface area contributed by atoms with E-state index in [1.54, 1.807) is 6.20 Å². The zero-order chi connectivity index (χ0) is 22.3. The van der Waals surface area contributed by atoms with Crippen molar-refractivity contribution in [1.82, 2.24) is 9.55 Å². The van der Waals surface area contributed by atoms with Gasteiger partial charge < -0.3 is 14.0 Å². The zero-order valence-corrected chi connectivity index (χ0v) is 19.9. The number of imidazole rings is 1. The maximum atomic E-state index is 6.56. The Morgan fingerprint density at radius 3 is 2.39 bits per heavy atom. The summed E-state index contributed by atoms with van der Waals surface area (Å²) in [6, 6.07) is 12.5. The van der Waals surface area contributed by atoms with E-state index in [9.17, 15) is 0 Å². The molecular formula is C25H30Cl2N2O2. The van der Waals surface area contributed by atoms with Gasteiger partial charge in [0.2, 0.25) is 0 Å². The Hall–Kier alpha value is -2.17. The molecule has 31 heavy (non-hydrogen) atoms. The van der Waals surface area contributed by atoms with Crippen molar-refractivity contribution in [2.45, 2.75) is 45.6 Å². The summed E-state index contributed by atoms with van der Waals surface area (Å²) >= 11 is 12.3. The minimum Gasteiger partial charge on any atom is -0.494 e. The third-order valence-corrected chi connectivity index (χ3v) is 5.99. The number of aryl methyl sites for hydroxylation is 2. The highest BCUT2D eigenvalue weighted by molar-refractivity contribution is 6.32. The monoisotopic (exact) mass is 460 g/mol. The summed E-state index contributed by atoms with van der Waals surface area (Å²) in [5.41, 5.74) is 3.17. The molecule has 166 valence electrons. The van der Waals surface area contributed by atoms with Crippen LogP contribution in [0.15, 0.2) is 55.1 Å². The minimum atomic E-state index is -0.205. The predicted molar refractivity (Wildman–Crippen MR) is 128 cm³/mol. The molecule has 0 unspecified atom stereocenters. The van der Waals surface area contributed by atoms with Gasteiger partial charge in [-0.1, -0.05) is 43.6 Å². The van der Waals surface area contributed by atoms with E-state index in [4.69, 9.17) is 32.7 Å². The van der Waals surface area contributed by atoms with Crippen molar-refractivity contribution in [2.75, 3.05) is 19.1 Å². The van der Waals surface area contributed by atoms with Gasteiger partial charge in [-0.05, 0) is 54.7 Å². The fourth-order valence-corrected chi connectivity index (χ4v) is 3.92. The maximum Gasteiger partial charge on any atom is 0.140 e. The molecule has 1 heterocycles. The molecule has 0 fully saturated rings. The second-order valence-corrected chi connectivity index (χ2v) is 8.93. The van der Waals surface area contributed by atoms with Crippen LogP contribution in [0, 0.1) is 6.92 Å². The van der Waals surface area contributed by atoms with Crippen LogP contribution in [0.1, 0.15) is 43.4 Å². The predicted octanol–water partition coefficient (Wildman–Crippen LogP) is 6.65. The fourth-order valence-electron chi connectivity index (χ4n) is 3.49. The highest BCUT2D eigenvalue weighted by atomic mass is 35.5. The van der Waals surface area contributed by atoms with Gasteiger partial charge in [-0.3, -0.25) is 0 Å². The lowest BCUT2D eigenvalue weighted by molar-refractivity contribution is 0.301. The molecule has 2 aromatic carbocycles. The first-order chi connectivity index (χ1) is 14.9. The van der Waals surface area contributed by atoms with E-state index < -0.39 is 0 Å². The van der Waals surface area contributed by atoms with Crippen LogP contribution in [0.2, 0.25) is 5.02 Å². The van der Waals surface area contributed by atoms with Crippen molar-refractivity contribution in [3.05, 3.63) is 76.8 Å². The van der Waals surface area contributed by atoms with Crippen LogP contribution in [0.25, 0.3) is 0 Å². The summed E-state index contributed by atoms with van der Waals surface area (Å²) in [4.78, 5) is 4.05. The summed E-state index contributed by atoms with van der Waals surface area (Å²) in [5.74, 6) is 2.19. The summed E-state index contributed by atoms with van der Waals surface area (Å²) in [6.45, 7) is 8.57. The van der Waals surface area contributed by atoms with Gasteiger partial charge in [0.1, 0.15) is 11.5 Å². The number of rotatable bonds is 11. The summed E-state index contributed by atoms with van der Waals surface area (Å²) in [7, 11) is 0. The Morgan fingerprint density at radius 2 is 1.74 bits per heavy atom. The first-order valence-electron chi connectivity index (χ1n) is 10.6. The molecule has 0 amide bonds. The number of nitrogens with zero attached hydrogens (tertiary/aromatic N) is 2. The minimum absolute atomic E-state index is 0.205. The molecule has 0 radical (unpaired) electrons. The summed E-state index contributed by atoms with van der Waals surface area (Å²) in [6.07, 6.45) is 7.30. The number of aromatic nitrogens is 2. The lowest BCUT2D eigenvalue weighted by Crippen LogP contribution is -2.19. The summed E-state index contributed by atoms with van der Waals surface area (Å²) < 4.78 is 13.8. The van der Waals surface area contributed by atoms with Crippen molar-refractivity contribution >= 4 is 23.2 Å². The molecule has 1 aromatic heterocycles. The van der Waals surface area contributed by atoms with Gasteiger partial charge in [0.05, 0.1) is 24.6 Å². The van der Waals surface area contributed by atoms with Gasteiger partial charge in [-0.15, -0.1) is 11.6 Å². The number of halogens is 2. The van der Waals surface area contributed by atoms with Crippen LogP contribution in [0.4, 0.5) is 0 Å². The first-order valence-corrected chi connectivity index (χ1v) is 11.5. The van der Waals surface area contributed by atoms with Crippen molar-refractivity contribution in [3.8, 4) is 11.5 Å². The van der Waals surface area contributed by atoms with Crippen LogP contribution < -0.4 is 9.47 Å². The SMILES string of the molecule is Cc1cc(C(C)(C)c2ccc(OCCCn3ccnc3)cc2)cc(Cl)c1OCCCCl. The van der Waals surface area contributed by atoms with Crippen LogP contribution >= 0.6 is 23.2 Å². The molecule has 0 aliphatic rings. The molecule has 6 heteroatoms. The molecule has 0 aliphatic heterocycles. The zero-order valence-electron chi connectivity index (χ0n) is 18.4. The lowest BCUT2D eigenvalue weighted by Gasteiger charge is -2.27. The molecule has 3 aromatic rings. The molecule has 4 nitrogen and oxygen atoms in total. The summed E-state index contributed by atoms with van der Waals surface area (Å²) in [5, 5.41) is 0.635. The van der Waals surface area contributed by atoms with E-state index in [0.29, 0.717) is 24.1 Å². The molecular weight excluding hydrogens is 431 g/mol. The number of ether oxygens (including phenoxy) is 2. The quantitative estimate of drug-likeness (QED) is 0.237. The van der Waals surface area contributed by atoms with Crippen molar-refractivity contribution in [3.63, 3.8) is 0 Å². The third kappa shape index (κ3) is 6.18. The van der Waals surface area contributed by atoms with Crippen LogP contribution in [0.3, 0.4) is 0 Å². The number of benzene rings is 2. The lowest BCUT2D eigenvalue weighted by atomic mass is 9.77. The normalized spacial score (nSPS) is 11.5. The molecule has 3 rings (SSSR count). The highest BCUT2D eigenvalue weighted by Crippen LogP contribution is 2.38. The highest BCUT2D eigenvalue weighted by Gasteiger charge is 2.25. The van der Waals surface area contributed by atoms with Gasteiger partial charge >= 0.3 is 0 Å². The van der Waals surface area contributed by atoms with E-state index in [0.717, 1.165) is 42.0 Å². The molecule has 0 saturated carbocycles. The second-order valence-electron chi connectivity index (χ2n) is 8.15. The van der Waals surface area contributed by atoms with E-state index in [-0.39, 0.29) is 5.41 Å². The number of hydrogen-bond acceptors (Lipinski definition) is 3. The van der Waals surface area contributed by atoms with E-state index >= 15 is 0 Å². The average Bonchev–Trinajstić information content (AvgIpc) is 3.27. The standard InChI is InChI=1S/C25H30Cl2N2O2/c1-19-16-21(17-23(27)24(19)31-14-4-10-26)25(2,3)20-6-8-22(9-7-20)30-15-5-12-29-13-11-28-18-29/h6-9,11,13,16-18H,4-5,10,12,14-15H2,1-3H3. The van der Waals surface area contributed by atoms with Gasteiger partial charge in [0.15, 0.2) is 0 Å². The molecule has 0 N–H and O–H groups in total. The van der Waals surface area contributed by atoms with Gasteiger partial charge in [-0.2, -0.15) is 0 Å². The van der Waals surface area contributed by atoms with E-state index in [1.165, 1.54) is 5.56 Å². The Labute approximate surface area is 195 Å². The molecule has 0 atom stereocenters. The van der Waals surface area contributed by atoms with Gasteiger partial charge in [0.25, 0.3) is 0 Å².